The highest BCUT2D eigenvalue weighted by atomic mass is 35.5. The zero-order valence-electron chi connectivity index (χ0n) is 14.8. The molecule has 0 unspecified atom stereocenters. The van der Waals surface area contributed by atoms with Crippen LogP contribution in [-0.4, -0.2) is 26.4 Å². The number of amides is 1. The van der Waals surface area contributed by atoms with Crippen LogP contribution in [0.4, 0.5) is 5.69 Å². The number of hydrogen-bond acceptors (Lipinski definition) is 4. The van der Waals surface area contributed by atoms with Crippen LogP contribution in [0.15, 0.2) is 35.7 Å². The predicted octanol–water partition coefficient (Wildman–Crippen LogP) is 6.23. The lowest BCUT2D eigenvalue weighted by Crippen LogP contribution is -2.15. The van der Waals surface area contributed by atoms with Crippen LogP contribution in [0.25, 0.3) is 5.69 Å². The standard InChI is InChI=1S/C18H14Cl4N4OS/c1-9-3-4-13(10(2)5-9)26-8-23-25-18(26)28-7-14(27)24-17-15(21)11(19)6-12(20)16(17)22/h3-6,8H,7H2,1-2H3,(H,24,27). The van der Waals surface area contributed by atoms with E-state index in [9.17, 15) is 4.79 Å². The summed E-state index contributed by atoms with van der Waals surface area (Å²) >= 11 is 25.5. The van der Waals surface area contributed by atoms with Crippen molar-refractivity contribution in [1.82, 2.24) is 14.8 Å². The second kappa shape index (κ2) is 8.93. The van der Waals surface area contributed by atoms with E-state index in [0.29, 0.717) is 5.16 Å². The Labute approximate surface area is 186 Å². The maximum absolute atomic E-state index is 12.4. The van der Waals surface area contributed by atoms with Crippen LogP contribution in [0, 0.1) is 13.8 Å². The maximum Gasteiger partial charge on any atom is 0.234 e. The van der Waals surface area contributed by atoms with Crippen LogP contribution in [-0.2, 0) is 4.79 Å². The van der Waals surface area contributed by atoms with Gasteiger partial charge < -0.3 is 5.32 Å². The number of carbonyl (C=O) groups excluding carboxylic acids is 1. The summed E-state index contributed by atoms with van der Waals surface area (Å²) in [6.07, 6.45) is 1.61. The number of nitrogens with zero attached hydrogens (tertiary/aromatic N) is 3. The summed E-state index contributed by atoms with van der Waals surface area (Å²) in [6.45, 7) is 4.04. The van der Waals surface area contributed by atoms with Crippen LogP contribution in [0.2, 0.25) is 20.1 Å². The van der Waals surface area contributed by atoms with Gasteiger partial charge >= 0.3 is 0 Å². The van der Waals surface area contributed by atoms with Crippen LogP contribution >= 0.6 is 58.2 Å². The molecule has 0 aliphatic heterocycles. The molecule has 0 spiro atoms. The van der Waals surface area contributed by atoms with Gasteiger partial charge in [-0.2, -0.15) is 0 Å². The van der Waals surface area contributed by atoms with E-state index in [1.807, 2.05) is 30.5 Å². The van der Waals surface area contributed by atoms with Gasteiger partial charge in [0.05, 0.1) is 37.2 Å². The lowest BCUT2D eigenvalue weighted by Gasteiger charge is -2.12. The second-order valence-corrected chi connectivity index (χ2v) is 8.47. The summed E-state index contributed by atoms with van der Waals surface area (Å²) in [7, 11) is 0. The summed E-state index contributed by atoms with van der Waals surface area (Å²) in [5, 5.41) is 12.0. The fourth-order valence-corrected chi connectivity index (χ4v) is 4.18. The smallest absolute Gasteiger partial charge is 0.234 e. The van der Waals surface area contributed by atoms with Gasteiger partial charge in [-0.15, -0.1) is 10.2 Å². The molecule has 1 heterocycles. The number of aryl methyl sites for hydroxylation is 2. The first-order chi connectivity index (χ1) is 13.3. The summed E-state index contributed by atoms with van der Waals surface area (Å²) in [4.78, 5) is 12.4. The molecule has 0 bridgehead atoms. The molecule has 2 aromatic carbocycles. The molecule has 10 heteroatoms. The molecule has 0 aliphatic rings. The first-order valence-corrected chi connectivity index (χ1v) is 10.5. The fraction of sp³-hybridized carbons (Fsp3) is 0.167. The van der Waals surface area contributed by atoms with Crippen molar-refractivity contribution in [3.8, 4) is 5.69 Å². The van der Waals surface area contributed by atoms with E-state index in [2.05, 4.69) is 21.6 Å². The van der Waals surface area contributed by atoms with Crippen molar-refractivity contribution in [3.63, 3.8) is 0 Å². The molecule has 0 atom stereocenters. The van der Waals surface area contributed by atoms with Gasteiger partial charge in [0, 0.05) is 0 Å². The van der Waals surface area contributed by atoms with Crippen molar-refractivity contribution in [2.24, 2.45) is 0 Å². The average Bonchev–Trinajstić information content (AvgIpc) is 3.10. The Kier molecular flexibility index (Phi) is 6.78. The van der Waals surface area contributed by atoms with Crippen molar-refractivity contribution < 1.29 is 4.79 Å². The third-order valence-corrected chi connectivity index (χ3v) is 6.35. The minimum atomic E-state index is -0.331. The highest BCUT2D eigenvalue weighted by Crippen LogP contribution is 2.41. The van der Waals surface area contributed by atoms with Gasteiger partial charge in [-0.1, -0.05) is 75.9 Å². The zero-order valence-corrected chi connectivity index (χ0v) is 18.6. The average molecular weight is 476 g/mol. The Hall–Kier alpha value is -1.44. The van der Waals surface area contributed by atoms with E-state index in [4.69, 9.17) is 46.4 Å². The van der Waals surface area contributed by atoms with Crippen LogP contribution in [0.5, 0.6) is 0 Å². The lowest BCUT2D eigenvalue weighted by atomic mass is 10.1. The van der Waals surface area contributed by atoms with Gasteiger partial charge in [-0.05, 0) is 31.5 Å². The largest absolute Gasteiger partial charge is 0.323 e. The molecule has 5 nitrogen and oxygen atoms in total. The monoisotopic (exact) mass is 474 g/mol. The van der Waals surface area contributed by atoms with Gasteiger partial charge in [-0.3, -0.25) is 9.36 Å². The molecule has 3 rings (SSSR count). The highest BCUT2D eigenvalue weighted by Gasteiger charge is 2.17. The number of carbonyl (C=O) groups is 1. The molecular formula is C18H14Cl4N4OS. The third-order valence-electron chi connectivity index (χ3n) is 3.84. The van der Waals surface area contributed by atoms with E-state index < -0.39 is 0 Å². The maximum atomic E-state index is 12.4. The van der Waals surface area contributed by atoms with Crippen molar-refractivity contribution in [2.75, 3.05) is 11.1 Å². The summed E-state index contributed by atoms with van der Waals surface area (Å²) in [5.41, 5.74) is 3.38. The van der Waals surface area contributed by atoms with E-state index in [-0.39, 0.29) is 37.4 Å². The number of halogens is 4. The molecular weight excluding hydrogens is 462 g/mol. The number of hydrogen-bond donors (Lipinski definition) is 1. The molecule has 1 aromatic heterocycles. The summed E-state index contributed by atoms with van der Waals surface area (Å²) in [5.74, 6) is -0.261. The van der Waals surface area contributed by atoms with Gasteiger partial charge in [0.2, 0.25) is 5.91 Å². The minimum Gasteiger partial charge on any atom is -0.323 e. The molecule has 1 N–H and O–H groups in total. The number of nitrogens with one attached hydrogen (secondary N) is 1. The second-order valence-electron chi connectivity index (χ2n) is 5.95. The van der Waals surface area contributed by atoms with Crippen LogP contribution < -0.4 is 5.32 Å². The molecule has 0 saturated heterocycles. The van der Waals surface area contributed by atoms with Crippen molar-refractivity contribution in [1.29, 1.82) is 0 Å². The summed E-state index contributed by atoms with van der Waals surface area (Å²) in [6, 6.07) is 7.50. The van der Waals surface area contributed by atoms with Gasteiger partial charge in [0.15, 0.2) is 5.16 Å². The Balaban J connectivity index is 1.74. The van der Waals surface area contributed by atoms with E-state index in [1.54, 1.807) is 6.33 Å². The van der Waals surface area contributed by atoms with Crippen LogP contribution in [0.3, 0.4) is 0 Å². The number of rotatable bonds is 5. The molecule has 28 heavy (non-hydrogen) atoms. The quantitative estimate of drug-likeness (QED) is 0.351. The number of anilines is 1. The molecule has 0 saturated carbocycles. The molecule has 3 aromatic rings. The zero-order chi connectivity index (χ0) is 20.4. The summed E-state index contributed by atoms with van der Waals surface area (Å²) < 4.78 is 1.84. The van der Waals surface area contributed by atoms with Crippen molar-refractivity contribution >= 4 is 69.8 Å². The minimum absolute atomic E-state index is 0.0698. The SMILES string of the molecule is Cc1ccc(-n2cnnc2SCC(=O)Nc2c(Cl)c(Cl)cc(Cl)c2Cl)c(C)c1. The normalized spacial score (nSPS) is 10.9. The van der Waals surface area contributed by atoms with E-state index >= 15 is 0 Å². The first-order valence-electron chi connectivity index (χ1n) is 8.01. The number of aromatic nitrogens is 3. The Bertz CT molecular complexity index is 1030. The number of thioether (sulfide) groups is 1. The first kappa shape index (κ1) is 21.3. The Morgan fingerprint density at radius 3 is 2.43 bits per heavy atom. The molecule has 0 aliphatic carbocycles. The van der Waals surface area contributed by atoms with Crippen molar-refractivity contribution in [2.45, 2.75) is 19.0 Å². The fourth-order valence-electron chi connectivity index (χ4n) is 2.55. The van der Waals surface area contributed by atoms with E-state index in [0.717, 1.165) is 16.8 Å². The van der Waals surface area contributed by atoms with Crippen LogP contribution in [0.1, 0.15) is 11.1 Å². The van der Waals surface area contributed by atoms with Gasteiger partial charge in [0.25, 0.3) is 0 Å². The highest BCUT2D eigenvalue weighted by molar-refractivity contribution is 7.99. The topological polar surface area (TPSA) is 59.8 Å². The lowest BCUT2D eigenvalue weighted by molar-refractivity contribution is -0.113. The molecule has 146 valence electrons. The van der Waals surface area contributed by atoms with Gasteiger partial charge in [0.1, 0.15) is 6.33 Å². The molecule has 0 radical (unpaired) electrons. The third kappa shape index (κ3) is 4.58. The molecule has 1 amide bonds. The Morgan fingerprint density at radius 2 is 1.79 bits per heavy atom. The molecule has 0 fully saturated rings. The number of benzene rings is 2. The Morgan fingerprint density at radius 1 is 1.11 bits per heavy atom. The van der Waals surface area contributed by atoms with E-state index in [1.165, 1.54) is 17.8 Å². The van der Waals surface area contributed by atoms with Crippen molar-refractivity contribution in [3.05, 3.63) is 61.8 Å². The van der Waals surface area contributed by atoms with Gasteiger partial charge in [-0.25, -0.2) is 0 Å². The predicted molar refractivity (Wildman–Crippen MR) is 117 cm³/mol.